The smallest absolute Gasteiger partial charge is 0.161 e. The summed E-state index contributed by atoms with van der Waals surface area (Å²) in [5.41, 5.74) is 0.835. The standard InChI is InChI=1S/C14H21BrO3/c1-3-7-17-13-6-5-11(12(16)10-15)9-14(13)18-8-4-2/h5-6,9,12,16H,3-4,7-8,10H2,1-2H3/t12-/m1/s1. The number of halogens is 1. The minimum Gasteiger partial charge on any atom is -0.490 e. The molecule has 1 rings (SSSR count). The van der Waals surface area contributed by atoms with Crippen LogP contribution in [0.15, 0.2) is 18.2 Å². The molecule has 0 radical (unpaired) electrons. The molecule has 1 N–H and O–H groups in total. The Hall–Kier alpha value is -0.740. The lowest BCUT2D eigenvalue weighted by Crippen LogP contribution is -2.04. The number of hydrogen-bond donors (Lipinski definition) is 1. The van der Waals surface area contributed by atoms with Gasteiger partial charge < -0.3 is 14.6 Å². The Bertz CT molecular complexity index is 355. The molecule has 0 aliphatic rings. The minimum atomic E-state index is -0.519. The fourth-order valence-electron chi connectivity index (χ4n) is 1.48. The summed E-state index contributed by atoms with van der Waals surface area (Å²) in [6.07, 6.45) is 1.38. The average Bonchev–Trinajstić information content (AvgIpc) is 2.42. The third kappa shape index (κ3) is 4.50. The fraction of sp³-hybridized carbons (Fsp3) is 0.571. The van der Waals surface area contributed by atoms with Crippen LogP contribution in [0.2, 0.25) is 0 Å². The van der Waals surface area contributed by atoms with E-state index in [1.54, 1.807) is 0 Å². The van der Waals surface area contributed by atoms with E-state index in [0.717, 1.165) is 24.2 Å². The third-order valence-corrected chi connectivity index (χ3v) is 3.04. The molecule has 0 heterocycles. The number of aliphatic hydroxyl groups is 1. The van der Waals surface area contributed by atoms with E-state index < -0.39 is 6.10 Å². The number of rotatable bonds is 8. The van der Waals surface area contributed by atoms with Gasteiger partial charge in [0, 0.05) is 5.33 Å². The number of benzene rings is 1. The van der Waals surface area contributed by atoms with Gasteiger partial charge in [0.2, 0.25) is 0 Å². The van der Waals surface area contributed by atoms with Crippen LogP contribution in [0.1, 0.15) is 38.4 Å². The van der Waals surface area contributed by atoms with Crippen molar-refractivity contribution in [1.82, 2.24) is 0 Å². The molecular weight excluding hydrogens is 296 g/mol. The van der Waals surface area contributed by atoms with Crippen LogP contribution in [0.25, 0.3) is 0 Å². The predicted octanol–water partition coefficient (Wildman–Crippen LogP) is 3.69. The Balaban J connectivity index is 2.88. The zero-order valence-corrected chi connectivity index (χ0v) is 12.6. The molecule has 0 aliphatic carbocycles. The molecule has 0 unspecified atom stereocenters. The lowest BCUT2D eigenvalue weighted by molar-refractivity contribution is 0.204. The molecule has 0 saturated carbocycles. The molecule has 3 nitrogen and oxygen atoms in total. The van der Waals surface area contributed by atoms with Crippen LogP contribution in [-0.2, 0) is 0 Å². The number of alkyl halides is 1. The topological polar surface area (TPSA) is 38.7 Å². The highest BCUT2D eigenvalue weighted by Gasteiger charge is 2.11. The molecule has 0 amide bonds. The molecule has 1 atom stereocenters. The summed E-state index contributed by atoms with van der Waals surface area (Å²) in [6, 6.07) is 5.59. The van der Waals surface area contributed by atoms with E-state index >= 15 is 0 Å². The van der Waals surface area contributed by atoms with Crippen molar-refractivity contribution in [3.63, 3.8) is 0 Å². The van der Waals surface area contributed by atoms with Crippen molar-refractivity contribution < 1.29 is 14.6 Å². The first kappa shape index (κ1) is 15.3. The third-order valence-electron chi connectivity index (χ3n) is 2.42. The Morgan fingerprint density at radius 3 is 2.28 bits per heavy atom. The van der Waals surface area contributed by atoms with Gasteiger partial charge in [-0.1, -0.05) is 35.8 Å². The second-order valence-electron chi connectivity index (χ2n) is 4.07. The van der Waals surface area contributed by atoms with Gasteiger partial charge in [-0.15, -0.1) is 0 Å². The maximum Gasteiger partial charge on any atom is 0.161 e. The highest BCUT2D eigenvalue weighted by Crippen LogP contribution is 2.31. The van der Waals surface area contributed by atoms with Crippen molar-refractivity contribution in [2.24, 2.45) is 0 Å². The van der Waals surface area contributed by atoms with E-state index in [0.29, 0.717) is 24.3 Å². The first-order chi connectivity index (χ1) is 8.72. The van der Waals surface area contributed by atoms with Crippen molar-refractivity contribution >= 4 is 15.9 Å². The summed E-state index contributed by atoms with van der Waals surface area (Å²) >= 11 is 3.27. The van der Waals surface area contributed by atoms with Crippen molar-refractivity contribution in [3.05, 3.63) is 23.8 Å². The van der Waals surface area contributed by atoms with Crippen molar-refractivity contribution in [3.8, 4) is 11.5 Å². The Morgan fingerprint density at radius 1 is 1.11 bits per heavy atom. The van der Waals surface area contributed by atoms with Gasteiger partial charge in [-0.05, 0) is 30.5 Å². The Morgan fingerprint density at radius 2 is 1.72 bits per heavy atom. The highest BCUT2D eigenvalue weighted by atomic mass is 79.9. The van der Waals surface area contributed by atoms with Gasteiger partial charge in [-0.2, -0.15) is 0 Å². The van der Waals surface area contributed by atoms with Gasteiger partial charge in [-0.3, -0.25) is 0 Å². The van der Waals surface area contributed by atoms with Crippen LogP contribution >= 0.6 is 15.9 Å². The normalized spacial score (nSPS) is 12.2. The summed E-state index contributed by atoms with van der Waals surface area (Å²) in [5.74, 6) is 1.46. The molecule has 0 aromatic heterocycles. The number of aliphatic hydroxyl groups excluding tert-OH is 1. The molecule has 102 valence electrons. The molecule has 0 aliphatic heterocycles. The quantitative estimate of drug-likeness (QED) is 0.743. The van der Waals surface area contributed by atoms with E-state index in [1.165, 1.54) is 0 Å². The highest BCUT2D eigenvalue weighted by molar-refractivity contribution is 9.09. The zero-order chi connectivity index (χ0) is 13.4. The average molecular weight is 317 g/mol. The largest absolute Gasteiger partial charge is 0.490 e. The molecule has 18 heavy (non-hydrogen) atoms. The van der Waals surface area contributed by atoms with Crippen LogP contribution in [0.3, 0.4) is 0 Å². The first-order valence-electron chi connectivity index (χ1n) is 6.36. The number of ether oxygens (including phenoxy) is 2. The summed E-state index contributed by atoms with van der Waals surface area (Å²) in [4.78, 5) is 0. The molecule has 1 aromatic rings. The minimum absolute atomic E-state index is 0.509. The molecule has 0 spiro atoms. The van der Waals surface area contributed by atoms with E-state index in [1.807, 2.05) is 18.2 Å². The van der Waals surface area contributed by atoms with E-state index in [2.05, 4.69) is 29.8 Å². The summed E-state index contributed by atoms with van der Waals surface area (Å²) in [5, 5.41) is 10.3. The molecule has 0 bridgehead atoms. The van der Waals surface area contributed by atoms with Gasteiger partial charge >= 0.3 is 0 Å². The summed E-state index contributed by atoms with van der Waals surface area (Å²) in [6.45, 7) is 5.44. The van der Waals surface area contributed by atoms with Crippen LogP contribution in [-0.4, -0.2) is 23.7 Å². The maximum atomic E-state index is 9.80. The van der Waals surface area contributed by atoms with Gasteiger partial charge in [0.05, 0.1) is 19.3 Å². The van der Waals surface area contributed by atoms with E-state index in [9.17, 15) is 5.11 Å². The first-order valence-corrected chi connectivity index (χ1v) is 7.48. The molecule has 0 saturated heterocycles. The van der Waals surface area contributed by atoms with Crippen molar-refractivity contribution in [2.45, 2.75) is 32.8 Å². The SMILES string of the molecule is CCCOc1ccc([C@H](O)CBr)cc1OCCC. The Labute approximate surface area is 117 Å². The van der Waals surface area contributed by atoms with Gasteiger partial charge in [-0.25, -0.2) is 0 Å². The fourth-order valence-corrected chi connectivity index (χ4v) is 1.85. The van der Waals surface area contributed by atoms with Gasteiger partial charge in [0.15, 0.2) is 11.5 Å². The molecule has 1 aromatic carbocycles. The molecule has 0 fully saturated rings. The number of hydrogen-bond acceptors (Lipinski definition) is 3. The van der Waals surface area contributed by atoms with Crippen LogP contribution < -0.4 is 9.47 Å². The zero-order valence-electron chi connectivity index (χ0n) is 11.0. The Kier molecular flexibility index (Phi) is 7.13. The van der Waals surface area contributed by atoms with E-state index in [-0.39, 0.29) is 0 Å². The maximum absolute atomic E-state index is 9.80. The second-order valence-corrected chi connectivity index (χ2v) is 4.72. The lowest BCUT2D eigenvalue weighted by atomic mass is 10.1. The van der Waals surface area contributed by atoms with Gasteiger partial charge in [0.1, 0.15) is 0 Å². The van der Waals surface area contributed by atoms with Crippen LogP contribution in [0.5, 0.6) is 11.5 Å². The monoisotopic (exact) mass is 316 g/mol. The van der Waals surface area contributed by atoms with Crippen LogP contribution in [0, 0.1) is 0 Å². The van der Waals surface area contributed by atoms with E-state index in [4.69, 9.17) is 9.47 Å². The van der Waals surface area contributed by atoms with Crippen molar-refractivity contribution in [1.29, 1.82) is 0 Å². The second kappa shape index (κ2) is 8.38. The van der Waals surface area contributed by atoms with Gasteiger partial charge in [0.25, 0.3) is 0 Å². The predicted molar refractivity (Wildman–Crippen MR) is 76.8 cm³/mol. The molecular formula is C14H21BrO3. The van der Waals surface area contributed by atoms with Crippen LogP contribution in [0.4, 0.5) is 0 Å². The summed E-state index contributed by atoms with van der Waals surface area (Å²) < 4.78 is 11.3. The lowest BCUT2D eigenvalue weighted by Gasteiger charge is -2.15. The summed E-state index contributed by atoms with van der Waals surface area (Å²) in [7, 11) is 0. The van der Waals surface area contributed by atoms with Crippen molar-refractivity contribution in [2.75, 3.05) is 18.5 Å². The molecule has 4 heteroatoms.